The van der Waals surface area contributed by atoms with Crippen molar-refractivity contribution in [3.05, 3.63) is 0 Å². The normalized spacial score (nSPS) is 27.1. The molecule has 0 radical (unpaired) electrons. The average Bonchev–Trinajstić information content (AvgIpc) is 2.49. The van der Waals surface area contributed by atoms with E-state index in [1.54, 1.807) is 0 Å². The van der Waals surface area contributed by atoms with Gasteiger partial charge in [-0.2, -0.15) is 0 Å². The SMILES string of the molecule is O=C1CC(O)CCN1.O=C1CC(O)CCN1.O=C1CNCCN1. The Balaban J connectivity index is 0.000000173. The first-order valence-electron chi connectivity index (χ1n) is 7.84. The van der Waals surface area contributed by atoms with Gasteiger partial charge < -0.3 is 31.5 Å². The van der Waals surface area contributed by atoms with Crippen molar-refractivity contribution in [2.45, 2.75) is 37.9 Å². The Morgan fingerprint density at radius 1 is 0.696 bits per heavy atom. The molecule has 0 aromatic rings. The number of piperidine rings is 2. The lowest BCUT2D eigenvalue weighted by Gasteiger charge is -2.15. The Labute approximate surface area is 135 Å². The fraction of sp³-hybridized carbons (Fsp3) is 0.786. The van der Waals surface area contributed by atoms with Crippen LogP contribution in [0, 0.1) is 0 Å². The number of piperazine rings is 1. The third-order valence-electron chi connectivity index (χ3n) is 3.35. The van der Waals surface area contributed by atoms with Crippen LogP contribution in [0.25, 0.3) is 0 Å². The van der Waals surface area contributed by atoms with E-state index in [-0.39, 0.29) is 30.6 Å². The van der Waals surface area contributed by atoms with Crippen molar-refractivity contribution in [1.82, 2.24) is 21.3 Å². The Bertz CT molecular complexity index is 371. The third kappa shape index (κ3) is 9.82. The van der Waals surface area contributed by atoms with Crippen LogP contribution in [0.3, 0.4) is 0 Å². The van der Waals surface area contributed by atoms with Crippen molar-refractivity contribution >= 4 is 17.7 Å². The molecule has 0 bridgehead atoms. The van der Waals surface area contributed by atoms with Gasteiger partial charge in [0.2, 0.25) is 17.7 Å². The van der Waals surface area contributed by atoms with Gasteiger partial charge in [-0.25, -0.2) is 0 Å². The number of hydrogen-bond donors (Lipinski definition) is 6. The zero-order chi connectivity index (χ0) is 17.1. The standard InChI is InChI=1S/2C5H9NO2.C4H8N2O/c2*7-4-1-2-6-5(8)3-4;7-4-3-5-1-2-6-4/h2*4,7H,1-3H2,(H,6,8);5H,1-3H2,(H,6,7). The van der Waals surface area contributed by atoms with Gasteiger partial charge in [-0.3, -0.25) is 14.4 Å². The molecule has 9 nitrogen and oxygen atoms in total. The van der Waals surface area contributed by atoms with E-state index in [4.69, 9.17) is 10.2 Å². The molecule has 3 aliphatic heterocycles. The van der Waals surface area contributed by atoms with E-state index in [0.29, 0.717) is 32.5 Å². The Hall–Kier alpha value is -1.71. The van der Waals surface area contributed by atoms with Crippen LogP contribution in [-0.2, 0) is 14.4 Å². The monoisotopic (exact) mass is 330 g/mol. The van der Waals surface area contributed by atoms with Gasteiger partial charge in [-0.15, -0.1) is 0 Å². The Morgan fingerprint density at radius 3 is 1.39 bits per heavy atom. The molecular formula is C14H26N4O5. The second-order valence-corrected chi connectivity index (χ2v) is 5.52. The van der Waals surface area contributed by atoms with Gasteiger partial charge in [0, 0.05) is 26.2 Å². The van der Waals surface area contributed by atoms with E-state index in [1.165, 1.54) is 0 Å². The number of carbonyl (C=O) groups is 3. The molecule has 3 saturated heterocycles. The third-order valence-corrected chi connectivity index (χ3v) is 3.35. The molecule has 0 aliphatic carbocycles. The minimum absolute atomic E-state index is 0.0382. The van der Waals surface area contributed by atoms with E-state index < -0.39 is 12.2 Å². The van der Waals surface area contributed by atoms with E-state index >= 15 is 0 Å². The molecule has 2 unspecified atom stereocenters. The Kier molecular flexibility index (Phi) is 9.18. The topological polar surface area (TPSA) is 140 Å². The van der Waals surface area contributed by atoms with Gasteiger partial charge in [0.15, 0.2) is 0 Å². The second-order valence-electron chi connectivity index (χ2n) is 5.52. The van der Waals surface area contributed by atoms with Crippen LogP contribution in [0.4, 0.5) is 0 Å². The summed E-state index contributed by atoms with van der Waals surface area (Å²) < 4.78 is 0. The van der Waals surface area contributed by atoms with E-state index in [0.717, 1.165) is 13.1 Å². The predicted octanol–water partition coefficient (Wildman–Crippen LogP) is -2.78. The lowest BCUT2D eigenvalue weighted by Crippen LogP contribution is -2.44. The molecule has 0 aromatic carbocycles. The summed E-state index contributed by atoms with van der Waals surface area (Å²) in [5.41, 5.74) is 0. The number of rotatable bonds is 0. The zero-order valence-electron chi connectivity index (χ0n) is 13.1. The Morgan fingerprint density at radius 2 is 1.17 bits per heavy atom. The lowest BCUT2D eigenvalue weighted by molar-refractivity contribution is -0.125. The molecule has 9 heteroatoms. The van der Waals surface area contributed by atoms with E-state index in [9.17, 15) is 14.4 Å². The molecule has 3 heterocycles. The number of aliphatic hydroxyl groups is 2. The van der Waals surface area contributed by atoms with Gasteiger partial charge in [0.1, 0.15) is 0 Å². The number of carbonyl (C=O) groups excluding carboxylic acids is 3. The summed E-state index contributed by atoms with van der Waals surface area (Å²) in [6, 6.07) is 0. The fourth-order valence-electron chi connectivity index (χ4n) is 2.09. The maximum atomic E-state index is 10.4. The molecule has 0 saturated carbocycles. The highest BCUT2D eigenvalue weighted by Gasteiger charge is 2.15. The van der Waals surface area contributed by atoms with Crippen molar-refractivity contribution in [2.75, 3.05) is 32.7 Å². The molecule has 3 fully saturated rings. The summed E-state index contributed by atoms with van der Waals surface area (Å²) >= 11 is 0. The molecule has 23 heavy (non-hydrogen) atoms. The van der Waals surface area contributed by atoms with Crippen molar-refractivity contribution in [3.63, 3.8) is 0 Å². The summed E-state index contributed by atoms with van der Waals surface area (Å²) in [4.78, 5) is 31.1. The summed E-state index contributed by atoms with van der Waals surface area (Å²) in [7, 11) is 0. The van der Waals surface area contributed by atoms with Crippen molar-refractivity contribution < 1.29 is 24.6 Å². The summed E-state index contributed by atoms with van der Waals surface area (Å²) in [6.07, 6.45) is 1.16. The van der Waals surface area contributed by atoms with Gasteiger partial charge in [-0.1, -0.05) is 0 Å². The molecule has 0 aromatic heterocycles. The van der Waals surface area contributed by atoms with Crippen LogP contribution in [0.2, 0.25) is 0 Å². The van der Waals surface area contributed by atoms with Crippen LogP contribution < -0.4 is 21.3 Å². The fourth-order valence-corrected chi connectivity index (χ4v) is 2.09. The highest BCUT2D eigenvalue weighted by Crippen LogP contribution is 2.01. The minimum Gasteiger partial charge on any atom is -0.393 e. The average molecular weight is 330 g/mol. The molecule has 6 N–H and O–H groups in total. The molecular weight excluding hydrogens is 304 g/mol. The first kappa shape index (κ1) is 19.3. The molecule has 3 amide bonds. The van der Waals surface area contributed by atoms with E-state index in [2.05, 4.69) is 21.3 Å². The smallest absolute Gasteiger partial charge is 0.234 e. The van der Waals surface area contributed by atoms with Gasteiger partial charge in [0.25, 0.3) is 0 Å². The van der Waals surface area contributed by atoms with Gasteiger partial charge in [0.05, 0.1) is 31.6 Å². The summed E-state index contributed by atoms with van der Waals surface area (Å²) in [5.74, 6) is 0.0266. The maximum absolute atomic E-state index is 10.4. The summed E-state index contributed by atoms with van der Waals surface area (Å²) in [6.45, 7) is 3.42. The van der Waals surface area contributed by atoms with Crippen LogP contribution in [-0.4, -0.2) is 72.9 Å². The van der Waals surface area contributed by atoms with Gasteiger partial charge in [-0.05, 0) is 12.8 Å². The molecule has 3 rings (SSSR count). The van der Waals surface area contributed by atoms with Crippen molar-refractivity contribution in [2.24, 2.45) is 0 Å². The van der Waals surface area contributed by atoms with E-state index in [1.807, 2.05) is 0 Å². The maximum Gasteiger partial charge on any atom is 0.234 e. The quantitative estimate of drug-likeness (QED) is 0.284. The van der Waals surface area contributed by atoms with Gasteiger partial charge >= 0.3 is 0 Å². The number of nitrogens with one attached hydrogen (secondary N) is 4. The summed E-state index contributed by atoms with van der Waals surface area (Å²) in [5, 5.41) is 28.5. The van der Waals surface area contributed by atoms with Crippen molar-refractivity contribution in [3.8, 4) is 0 Å². The largest absolute Gasteiger partial charge is 0.393 e. The van der Waals surface area contributed by atoms with Crippen LogP contribution in [0.5, 0.6) is 0 Å². The van der Waals surface area contributed by atoms with Crippen LogP contribution >= 0.6 is 0 Å². The number of hydrogen-bond acceptors (Lipinski definition) is 6. The highest BCUT2D eigenvalue weighted by molar-refractivity contribution is 5.78. The number of aliphatic hydroxyl groups excluding tert-OH is 2. The lowest BCUT2D eigenvalue weighted by atomic mass is 10.1. The number of amides is 3. The van der Waals surface area contributed by atoms with Crippen molar-refractivity contribution in [1.29, 1.82) is 0 Å². The first-order chi connectivity index (χ1) is 11.0. The second kappa shape index (κ2) is 10.9. The van der Waals surface area contributed by atoms with Crippen LogP contribution in [0.1, 0.15) is 25.7 Å². The molecule has 132 valence electrons. The predicted molar refractivity (Wildman–Crippen MR) is 82.4 cm³/mol. The minimum atomic E-state index is -0.399. The molecule has 3 aliphatic rings. The molecule has 2 atom stereocenters. The zero-order valence-corrected chi connectivity index (χ0v) is 13.1. The first-order valence-corrected chi connectivity index (χ1v) is 7.84. The van der Waals surface area contributed by atoms with Crippen LogP contribution in [0.15, 0.2) is 0 Å². The highest BCUT2D eigenvalue weighted by atomic mass is 16.3. The molecule has 0 spiro atoms.